The second-order valence-electron chi connectivity index (χ2n) is 7.54. The maximum Gasteiger partial charge on any atom is 0.322 e. The average molecular weight is 404 g/mol. The molecule has 0 saturated carbocycles. The van der Waals surface area contributed by atoms with Gasteiger partial charge in [-0.1, -0.05) is 51.1 Å². The highest BCUT2D eigenvalue weighted by atomic mass is 32.1. The highest BCUT2D eigenvalue weighted by molar-refractivity contribution is 7.80. The lowest BCUT2D eigenvalue weighted by molar-refractivity contribution is -0.134. The summed E-state index contributed by atoms with van der Waals surface area (Å²) in [6.07, 6.45) is 0. The Kier molecular flexibility index (Phi) is 7.34. The van der Waals surface area contributed by atoms with Crippen LogP contribution in [0.15, 0.2) is 42.5 Å². The fourth-order valence-electron chi connectivity index (χ4n) is 2.53. The van der Waals surface area contributed by atoms with E-state index in [1.165, 1.54) is 17.7 Å². The van der Waals surface area contributed by atoms with Gasteiger partial charge in [-0.05, 0) is 46.5 Å². The Balaban J connectivity index is 1.80. The number of aliphatic carboxylic acids is 1. The first-order valence-electron chi connectivity index (χ1n) is 9.00. The zero-order valence-corrected chi connectivity index (χ0v) is 17.1. The van der Waals surface area contributed by atoms with Gasteiger partial charge in [0.25, 0.3) is 0 Å². The summed E-state index contributed by atoms with van der Waals surface area (Å²) in [4.78, 5) is 10.5. The minimum Gasteiger partial charge on any atom is -0.480 e. The minimum absolute atomic E-state index is 0.122. The van der Waals surface area contributed by atoms with E-state index < -0.39 is 11.8 Å². The number of carboxylic acids is 1. The quantitative estimate of drug-likeness (QED) is 0.527. The second-order valence-corrected chi connectivity index (χ2v) is 7.95. The number of hydrogen-bond donors (Lipinski definition) is 4. The largest absolute Gasteiger partial charge is 0.480 e. The van der Waals surface area contributed by atoms with Crippen LogP contribution in [-0.4, -0.2) is 22.7 Å². The van der Waals surface area contributed by atoms with Crippen LogP contribution in [0.25, 0.3) is 0 Å². The van der Waals surface area contributed by atoms with Crippen molar-refractivity contribution >= 4 is 29.0 Å². The minimum atomic E-state index is -1.05. The maximum absolute atomic E-state index is 14.0. The molecule has 7 heteroatoms. The van der Waals surface area contributed by atoms with Crippen LogP contribution in [-0.2, 0) is 23.3 Å². The molecule has 2 rings (SSSR count). The molecule has 0 aliphatic rings. The van der Waals surface area contributed by atoms with Crippen molar-refractivity contribution in [1.29, 1.82) is 0 Å². The summed E-state index contributed by atoms with van der Waals surface area (Å²) < 4.78 is 14.0. The van der Waals surface area contributed by atoms with Crippen molar-refractivity contribution in [3.05, 3.63) is 65.0 Å². The van der Waals surface area contributed by atoms with Crippen molar-refractivity contribution in [3.8, 4) is 0 Å². The molecule has 4 N–H and O–H groups in total. The van der Waals surface area contributed by atoms with Crippen LogP contribution >= 0.6 is 12.2 Å². The summed E-state index contributed by atoms with van der Waals surface area (Å²) >= 11 is 5.27. The van der Waals surface area contributed by atoms with Gasteiger partial charge in [0, 0.05) is 13.1 Å². The van der Waals surface area contributed by atoms with Gasteiger partial charge >= 0.3 is 5.97 Å². The first kappa shape index (κ1) is 21.6. The van der Waals surface area contributed by atoms with Crippen LogP contribution in [0, 0.1) is 5.82 Å². The van der Waals surface area contributed by atoms with Gasteiger partial charge in [0.2, 0.25) is 0 Å². The molecule has 0 radical (unpaired) electrons. The molecule has 0 aliphatic carbocycles. The van der Waals surface area contributed by atoms with Gasteiger partial charge < -0.3 is 21.1 Å². The molecule has 2 aromatic carbocycles. The van der Waals surface area contributed by atoms with Gasteiger partial charge in [-0.15, -0.1) is 0 Å². The monoisotopic (exact) mass is 403 g/mol. The Labute approximate surface area is 170 Å². The molecule has 150 valence electrons. The van der Waals surface area contributed by atoms with E-state index in [1.807, 2.05) is 0 Å². The number of carbonyl (C=O) groups is 1. The molecule has 2 aromatic rings. The van der Waals surface area contributed by atoms with Crippen molar-refractivity contribution < 1.29 is 14.3 Å². The molecule has 0 fully saturated rings. The number of benzene rings is 2. The van der Waals surface area contributed by atoms with Crippen molar-refractivity contribution in [1.82, 2.24) is 10.6 Å². The predicted molar refractivity (Wildman–Crippen MR) is 114 cm³/mol. The number of carboxylic acid groups (broad SMARTS) is 1. The molecule has 5 nitrogen and oxygen atoms in total. The molecule has 0 bridgehead atoms. The van der Waals surface area contributed by atoms with Crippen LogP contribution < -0.4 is 16.0 Å². The normalized spacial score (nSPS) is 11.0. The number of nitrogens with one attached hydrogen (secondary N) is 3. The lowest BCUT2D eigenvalue weighted by Crippen LogP contribution is -2.34. The van der Waals surface area contributed by atoms with Gasteiger partial charge in [0.15, 0.2) is 5.11 Å². The SMILES string of the molecule is CC(C)(C)c1ccc(CNC(=S)NCc2ccc(NCC(=O)O)c(F)c2)cc1. The molecule has 0 atom stereocenters. The number of anilines is 1. The average Bonchev–Trinajstić information content (AvgIpc) is 2.63. The summed E-state index contributed by atoms with van der Waals surface area (Å²) in [6.45, 7) is 7.16. The molecule has 0 unspecified atom stereocenters. The topological polar surface area (TPSA) is 73.4 Å². The summed E-state index contributed by atoms with van der Waals surface area (Å²) in [6, 6.07) is 13.0. The Morgan fingerprint density at radius 3 is 2.14 bits per heavy atom. The van der Waals surface area contributed by atoms with Crippen molar-refractivity contribution in [3.63, 3.8) is 0 Å². The summed E-state index contributed by atoms with van der Waals surface area (Å²) in [5.41, 5.74) is 3.39. The van der Waals surface area contributed by atoms with Crippen molar-refractivity contribution in [2.24, 2.45) is 0 Å². The number of rotatable bonds is 7. The number of hydrogen-bond acceptors (Lipinski definition) is 3. The third-order valence-electron chi connectivity index (χ3n) is 4.19. The highest BCUT2D eigenvalue weighted by Crippen LogP contribution is 2.22. The molecular weight excluding hydrogens is 377 g/mol. The smallest absolute Gasteiger partial charge is 0.322 e. The van der Waals surface area contributed by atoms with E-state index in [-0.39, 0.29) is 17.6 Å². The molecular formula is C21H26FN3O2S. The van der Waals surface area contributed by atoms with Crippen molar-refractivity contribution in [2.45, 2.75) is 39.3 Å². The zero-order valence-electron chi connectivity index (χ0n) is 16.3. The lowest BCUT2D eigenvalue weighted by atomic mass is 9.87. The van der Waals surface area contributed by atoms with Gasteiger partial charge in [-0.25, -0.2) is 4.39 Å². The van der Waals surface area contributed by atoms with Crippen LogP contribution in [0.1, 0.15) is 37.5 Å². The van der Waals surface area contributed by atoms with E-state index in [4.69, 9.17) is 17.3 Å². The molecule has 0 aromatic heterocycles. The van der Waals surface area contributed by atoms with E-state index in [0.717, 1.165) is 5.56 Å². The first-order valence-corrected chi connectivity index (χ1v) is 9.41. The van der Waals surface area contributed by atoms with Crippen LogP contribution in [0.4, 0.5) is 10.1 Å². The fourth-order valence-corrected chi connectivity index (χ4v) is 2.68. The molecule has 0 amide bonds. The van der Waals surface area contributed by atoms with Gasteiger partial charge in [-0.3, -0.25) is 4.79 Å². The lowest BCUT2D eigenvalue weighted by Gasteiger charge is -2.19. The number of halogens is 1. The first-order chi connectivity index (χ1) is 13.1. The predicted octanol–water partition coefficient (Wildman–Crippen LogP) is 3.78. The van der Waals surface area contributed by atoms with Gasteiger partial charge in [-0.2, -0.15) is 0 Å². The van der Waals surface area contributed by atoms with E-state index in [2.05, 4.69) is 61.0 Å². The van der Waals surface area contributed by atoms with Gasteiger partial charge in [0.05, 0.1) is 5.69 Å². The molecule has 0 saturated heterocycles. The summed E-state index contributed by atoms with van der Waals surface area (Å²) in [7, 11) is 0. The Morgan fingerprint density at radius 1 is 1.04 bits per heavy atom. The summed E-state index contributed by atoms with van der Waals surface area (Å²) in [5.74, 6) is -1.55. The molecule has 0 aliphatic heterocycles. The van der Waals surface area contributed by atoms with Crippen molar-refractivity contribution in [2.75, 3.05) is 11.9 Å². The third kappa shape index (κ3) is 6.81. The van der Waals surface area contributed by atoms with Gasteiger partial charge in [0.1, 0.15) is 12.4 Å². The van der Waals surface area contributed by atoms with E-state index in [0.29, 0.717) is 23.8 Å². The molecule has 28 heavy (non-hydrogen) atoms. The highest BCUT2D eigenvalue weighted by Gasteiger charge is 2.12. The van der Waals surface area contributed by atoms with E-state index in [1.54, 1.807) is 6.07 Å². The summed E-state index contributed by atoms with van der Waals surface area (Å²) in [5, 5.41) is 17.8. The van der Waals surface area contributed by atoms with E-state index in [9.17, 15) is 9.18 Å². The van der Waals surface area contributed by atoms with Crippen LogP contribution in [0.3, 0.4) is 0 Å². The molecule has 0 heterocycles. The molecule has 0 spiro atoms. The maximum atomic E-state index is 14.0. The standard InChI is InChI=1S/C21H26FN3O2S/c1-21(2,3)16-7-4-14(5-8-16)11-24-20(28)25-12-15-6-9-18(17(22)10-15)23-13-19(26)27/h4-10,23H,11-13H2,1-3H3,(H,26,27)(H2,24,25,28). The Hall–Kier alpha value is -2.67. The zero-order chi connectivity index (χ0) is 20.7. The fraction of sp³-hybridized carbons (Fsp3) is 0.333. The third-order valence-corrected chi connectivity index (χ3v) is 4.48. The second kappa shape index (κ2) is 9.50. The number of thiocarbonyl (C=S) groups is 1. The van der Waals surface area contributed by atoms with Crippen LogP contribution in [0.5, 0.6) is 0 Å². The van der Waals surface area contributed by atoms with Crippen LogP contribution in [0.2, 0.25) is 0 Å². The van der Waals surface area contributed by atoms with E-state index >= 15 is 0 Å². The Morgan fingerprint density at radius 2 is 1.61 bits per heavy atom. The Bertz CT molecular complexity index is 833.